The van der Waals surface area contributed by atoms with Crippen molar-refractivity contribution >= 4 is 22.8 Å². The quantitative estimate of drug-likeness (QED) is 0.627. The van der Waals surface area contributed by atoms with Crippen molar-refractivity contribution in [1.82, 2.24) is 30.1 Å². The van der Waals surface area contributed by atoms with Crippen molar-refractivity contribution in [2.75, 3.05) is 0 Å². The molecule has 0 atom stereocenters. The minimum atomic E-state index is 0.608. The average molecular weight is 306 g/mol. The van der Waals surface area contributed by atoms with Crippen LogP contribution in [-0.4, -0.2) is 30.1 Å². The van der Waals surface area contributed by atoms with Gasteiger partial charge >= 0.3 is 0 Å². The zero-order valence-electron chi connectivity index (χ0n) is 11.3. The summed E-state index contributed by atoms with van der Waals surface area (Å²) in [6, 6.07) is 11.5. The Balaban J connectivity index is 1.61. The molecule has 6 nitrogen and oxygen atoms in total. The molecule has 0 saturated heterocycles. The molecule has 3 heterocycles. The maximum atomic E-state index is 4.55. The largest absolute Gasteiger partial charge is 0.265 e. The molecule has 0 bridgehead atoms. The van der Waals surface area contributed by atoms with E-state index < -0.39 is 0 Å². The number of fused-ring (bicyclic) bond motifs is 1. The molecule has 1 N–H and O–H groups in total. The van der Waals surface area contributed by atoms with Crippen molar-refractivity contribution in [3.8, 4) is 11.4 Å². The van der Waals surface area contributed by atoms with Crippen LogP contribution in [0.1, 0.15) is 0 Å². The van der Waals surface area contributed by atoms with Crippen molar-refractivity contribution in [1.29, 1.82) is 0 Å². The lowest BCUT2D eigenvalue weighted by Crippen LogP contribution is -1.87. The number of hydrogen-bond donors (Lipinski definition) is 1. The Morgan fingerprint density at radius 1 is 0.909 bits per heavy atom. The van der Waals surface area contributed by atoms with E-state index in [1.54, 1.807) is 18.6 Å². The first-order chi connectivity index (χ1) is 10.9. The summed E-state index contributed by atoms with van der Waals surface area (Å²) in [5.41, 5.74) is 2.68. The molecule has 0 radical (unpaired) electrons. The van der Waals surface area contributed by atoms with Gasteiger partial charge in [0.15, 0.2) is 5.82 Å². The number of aromatic amines is 1. The second-order valence-corrected chi connectivity index (χ2v) is 5.49. The summed E-state index contributed by atoms with van der Waals surface area (Å²) in [6.07, 6.45) is 5.18. The highest BCUT2D eigenvalue weighted by molar-refractivity contribution is 7.99. The molecule has 0 aliphatic heterocycles. The van der Waals surface area contributed by atoms with Crippen molar-refractivity contribution in [2.24, 2.45) is 0 Å². The summed E-state index contributed by atoms with van der Waals surface area (Å²) in [6.45, 7) is 0. The minimum Gasteiger partial charge on any atom is -0.265 e. The van der Waals surface area contributed by atoms with Gasteiger partial charge in [-0.2, -0.15) is 0 Å². The summed E-state index contributed by atoms with van der Waals surface area (Å²) in [5, 5.41) is 8.50. The Kier molecular flexibility index (Phi) is 3.24. The Morgan fingerprint density at radius 2 is 1.73 bits per heavy atom. The van der Waals surface area contributed by atoms with Crippen LogP contribution in [-0.2, 0) is 0 Å². The summed E-state index contributed by atoms with van der Waals surface area (Å²) in [5.74, 6) is 0.707. The van der Waals surface area contributed by atoms with Gasteiger partial charge in [-0.15, -0.1) is 5.10 Å². The van der Waals surface area contributed by atoms with Crippen LogP contribution in [0.2, 0.25) is 0 Å². The van der Waals surface area contributed by atoms with Crippen LogP contribution in [0, 0.1) is 0 Å². The number of aromatic nitrogens is 6. The van der Waals surface area contributed by atoms with Crippen LogP contribution in [0.4, 0.5) is 0 Å². The highest BCUT2D eigenvalue weighted by atomic mass is 32.2. The van der Waals surface area contributed by atoms with Crippen LogP contribution in [0.3, 0.4) is 0 Å². The van der Waals surface area contributed by atoms with Crippen LogP contribution >= 0.6 is 11.8 Å². The number of para-hydroxylation sites is 2. The van der Waals surface area contributed by atoms with Gasteiger partial charge in [-0.3, -0.25) is 15.1 Å². The molecule has 7 heteroatoms. The van der Waals surface area contributed by atoms with Gasteiger partial charge in [-0.05, 0) is 36.0 Å². The molecule has 0 amide bonds. The minimum absolute atomic E-state index is 0.608. The highest BCUT2D eigenvalue weighted by Crippen LogP contribution is 2.25. The van der Waals surface area contributed by atoms with Gasteiger partial charge in [0.25, 0.3) is 0 Å². The maximum Gasteiger partial charge on any atom is 0.215 e. The van der Waals surface area contributed by atoms with Crippen molar-refractivity contribution < 1.29 is 0 Å². The first-order valence-corrected chi connectivity index (χ1v) is 7.42. The van der Waals surface area contributed by atoms with E-state index >= 15 is 0 Å². The summed E-state index contributed by atoms with van der Waals surface area (Å²) in [7, 11) is 0. The van der Waals surface area contributed by atoms with E-state index in [4.69, 9.17) is 0 Å². The summed E-state index contributed by atoms with van der Waals surface area (Å²) in [4.78, 5) is 17.4. The number of rotatable bonds is 3. The number of hydrogen-bond acceptors (Lipinski definition) is 6. The Bertz CT molecular complexity index is 921. The first kappa shape index (κ1) is 12.9. The molecular formula is C15H10N6S. The monoisotopic (exact) mass is 306 g/mol. The molecule has 0 aliphatic rings. The van der Waals surface area contributed by atoms with Gasteiger partial charge in [-0.1, -0.05) is 12.1 Å². The third-order valence-corrected chi connectivity index (χ3v) is 3.81. The molecule has 4 aromatic rings. The normalized spacial score (nSPS) is 10.9. The van der Waals surface area contributed by atoms with E-state index in [0.717, 1.165) is 21.6 Å². The third kappa shape index (κ3) is 2.53. The lowest BCUT2D eigenvalue weighted by molar-refractivity contribution is 0.967. The molecule has 3 aromatic heterocycles. The van der Waals surface area contributed by atoms with E-state index in [1.165, 1.54) is 11.8 Å². The SMILES string of the molecule is c1ccc2nc(Sc3n[nH]c(-c4ccncc4)n3)cnc2c1. The zero-order chi connectivity index (χ0) is 14.8. The van der Waals surface area contributed by atoms with Crippen LogP contribution in [0.25, 0.3) is 22.4 Å². The van der Waals surface area contributed by atoms with Crippen LogP contribution in [0.15, 0.2) is 65.2 Å². The predicted octanol–water partition coefficient (Wildman–Crippen LogP) is 2.96. The second kappa shape index (κ2) is 5.53. The predicted molar refractivity (Wildman–Crippen MR) is 83.3 cm³/mol. The van der Waals surface area contributed by atoms with Gasteiger partial charge in [0.2, 0.25) is 5.16 Å². The van der Waals surface area contributed by atoms with Crippen molar-refractivity contribution in [3.63, 3.8) is 0 Å². The third-order valence-electron chi connectivity index (χ3n) is 3.04. The van der Waals surface area contributed by atoms with E-state index in [9.17, 15) is 0 Å². The number of nitrogens with zero attached hydrogens (tertiary/aromatic N) is 5. The number of benzene rings is 1. The molecular weight excluding hydrogens is 296 g/mol. The average Bonchev–Trinajstić information content (AvgIpc) is 3.04. The number of nitrogens with one attached hydrogen (secondary N) is 1. The summed E-state index contributed by atoms with van der Waals surface area (Å²) < 4.78 is 0. The van der Waals surface area contributed by atoms with E-state index in [0.29, 0.717) is 11.0 Å². The maximum absolute atomic E-state index is 4.55. The van der Waals surface area contributed by atoms with Gasteiger partial charge < -0.3 is 0 Å². The molecule has 0 aliphatic carbocycles. The fourth-order valence-electron chi connectivity index (χ4n) is 2.01. The Labute approximate surface area is 130 Å². The molecule has 106 valence electrons. The molecule has 1 aromatic carbocycles. The Hall–Kier alpha value is -2.80. The topological polar surface area (TPSA) is 80.2 Å². The second-order valence-electron chi connectivity index (χ2n) is 4.50. The molecule has 22 heavy (non-hydrogen) atoms. The molecule has 0 spiro atoms. The van der Waals surface area contributed by atoms with Crippen LogP contribution < -0.4 is 0 Å². The number of H-pyrrole nitrogens is 1. The van der Waals surface area contributed by atoms with E-state index in [-0.39, 0.29) is 0 Å². The zero-order valence-corrected chi connectivity index (χ0v) is 12.2. The highest BCUT2D eigenvalue weighted by Gasteiger charge is 2.08. The van der Waals surface area contributed by atoms with Crippen molar-refractivity contribution in [3.05, 3.63) is 55.0 Å². The fourth-order valence-corrected chi connectivity index (χ4v) is 2.68. The van der Waals surface area contributed by atoms with Crippen molar-refractivity contribution in [2.45, 2.75) is 10.2 Å². The lowest BCUT2D eigenvalue weighted by atomic mass is 10.3. The fraction of sp³-hybridized carbons (Fsp3) is 0. The van der Waals surface area contributed by atoms with E-state index in [2.05, 4.69) is 30.1 Å². The first-order valence-electron chi connectivity index (χ1n) is 6.61. The molecule has 0 saturated carbocycles. The molecule has 4 rings (SSSR count). The van der Waals surface area contributed by atoms with Gasteiger partial charge in [0.1, 0.15) is 5.03 Å². The smallest absolute Gasteiger partial charge is 0.215 e. The van der Waals surface area contributed by atoms with Crippen LogP contribution in [0.5, 0.6) is 0 Å². The Morgan fingerprint density at radius 3 is 2.59 bits per heavy atom. The standard InChI is InChI=1S/C15H10N6S/c1-2-4-12-11(3-1)17-9-13(18-12)22-15-19-14(20-21-15)10-5-7-16-8-6-10/h1-9H,(H,19,20,21). The van der Waals surface area contributed by atoms with Gasteiger partial charge in [0, 0.05) is 18.0 Å². The number of pyridine rings is 1. The molecule has 0 unspecified atom stereocenters. The lowest BCUT2D eigenvalue weighted by Gasteiger charge is -1.98. The summed E-state index contributed by atoms with van der Waals surface area (Å²) >= 11 is 1.38. The molecule has 0 fully saturated rings. The van der Waals surface area contributed by atoms with Gasteiger partial charge in [0.05, 0.1) is 17.2 Å². The van der Waals surface area contributed by atoms with Gasteiger partial charge in [-0.25, -0.2) is 9.97 Å². The van der Waals surface area contributed by atoms with E-state index in [1.807, 2.05) is 36.4 Å².